The standard InChI is InChI=1S/C28H34N6/c1-2-33-26-6-4-3-5-24(26)25-19-23(11-12-27(25)33)34(30)28(20-29)22-9-7-21(8-10-22)13-16-32-17-14-31-15-18-32/h3-12,19-20,31H,2,13-18,29-30H2,1H3/b28-20-. The largest absolute Gasteiger partial charge is 0.403 e. The van der Waals surface area contributed by atoms with E-state index in [0.29, 0.717) is 0 Å². The molecule has 0 bridgehead atoms. The topological polar surface area (TPSA) is 75.5 Å². The van der Waals surface area contributed by atoms with Crippen LogP contribution in [0.25, 0.3) is 27.5 Å². The van der Waals surface area contributed by atoms with Gasteiger partial charge in [0.15, 0.2) is 0 Å². The highest BCUT2D eigenvalue weighted by Crippen LogP contribution is 2.33. The molecule has 1 aliphatic rings. The van der Waals surface area contributed by atoms with E-state index in [9.17, 15) is 0 Å². The summed E-state index contributed by atoms with van der Waals surface area (Å²) >= 11 is 0. The van der Waals surface area contributed by atoms with Gasteiger partial charge in [-0.15, -0.1) is 0 Å². The number of nitrogens with one attached hydrogen (secondary N) is 1. The van der Waals surface area contributed by atoms with E-state index < -0.39 is 0 Å². The number of nitrogens with two attached hydrogens (primary N) is 2. The van der Waals surface area contributed by atoms with E-state index in [1.807, 2.05) is 0 Å². The summed E-state index contributed by atoms with van der Waals surface area (Å²) in [4.78, 5) is 2.52. The SMILES string of the molecule is CCn1c2ccccc2c2cc(N(N)/C(=C\N)c3ccc(CCN4CCNCC4)cc3)ccc21. The Balaban J connectivity index is 1.37. The molecule has 0 amide bonds. The second-order valence-electron chi connectivity index (χ2n) is 8.92. The van der Waals surface area contributed by atoms with E-state index in [-0.39, 0.29) is 0 Å². The Kier molecular flexibility index (Phi) is 6.54. The van der Waals surface area contributed by atoms with Crippen LogP contribution in [0.3, 0.4) is 0 Å². The Morgan fingerprint density at radius 2 is 1.71 bits per heavy atom. The molecule has 34 heavy (non-hydrogen) atoms. The zero-order chi connectivity index (χ0) is 23.5. The van der Waals surface area contributed by atoms with Crippen LogP contribution >= 0.6 is 0 Å². The van der Waals surface area contributed by atoms with Gasteiger partial charge in [-0.05, 0) is 43.2 Å². The fourth-order valence-corrected chi connectivity index (χ4v) is 5.05. The molecule has 6 nitrogen and oxygen atoms in total. The molecular formula is C28H34N6. The number of aromatic nitrogens is 1. The normalized spacial score (nSPS) is 15.3. The van der Waals surface area contributed by atoms with Gasteiger partial charge in [0.05, 0.1) is 11.4 Å². The molecule has 1 fully saturated rings. The lowest BCUT2D eigenvalue weighted by Gasteiger charge is -2.27. The van der Waals surface area contributed by atoms with Gasteiger partial charge in [-0.25, -0.2) is 5.84 Å². The van der Waals surface area contributed by atoms with E-state index >= 15 is 0 Å². The zero-order valence-corrected chi connectivity index (χ0v) is 19.9. The number of hydrogen-bond acceptors (Lipinski definition) is 5. The fraction of sp³-hybridized carbons (Fsp3) is 0.286. The van der Waals surface area contributed by atoms with Crippen LogP contribution in [0.1, 0.15) is 18.1 Å². The Labute approximate surface area is 201 Å². The van der Waals surface area contributed by atoms with E-state index in [4.69, 9.17) is 11.6 Å². The van der Waals surface area contributed by atoms with Crippen LogP contribution in [-0.2, 0) is 13.0 Å². The van der Waals surface area contributed by atoms with Crippen molar-refractivity contribution in [1.82, 2.24) is 14.8 Å². The number of fused-ring (bicyclic) bond motifs is 3. The lowest BCUT2D eigenvalue weighted by Crippen LogP contribution is -2.44. The van der Waals surface area contributed by atoms with Gasteiger partial charge in [-0.2, -0.15) is 0 Å². The molecule has 5 N–H and O–H groups in total. The van der Waals surface area contributed by atoms with Crippen molar-refractivity contribution in [2.24, 2.45) is 11.6 Å². The second kappa shape index (κ2) is 9.89. The number of benzene rings is 3. The molecule has 3 aromatic carbocycles. The Bertz CT molecular complexity index is 1300. The van der Waals surface area contributed by atoms with E-state index in [1.54, 1.807) is 11.2 Å². The number of para-hydroxylation sites is 1. The van der Waals surface area contributed by atoms with Crippen LogP contribution in [0.4, 0.5) is 5.69 Å². The van der Waals surface area contributed by atoms with Crippen molar-refractivity contribution in [2.45, 2.75) is 19.9 Å². The molecule has 176 valence electrons. The highest BCUT2D eigenvalue weighted by molar-refractivity contribution is 6.09. The smallest absolute Gasteiger partial charge is 0.0801 e. The fourth-order valence-electron chi connectivity index (χ4n) is 5.05. The van der Waals surface area contributed by atoms with Gasteiger partial charge in [0.25, 0.3) is 0 Å². The summed E-state index contributed by atoms with van der Waals surface area (Å²) in [5.74, 6) is 6.62. The molecule has 0 aliphatic carbocycles. The average molecular weight is 455 g/mol. The maximum Gasteiger partial charge on any atom is 0.0801 e. The molecule has 0 unspecified atom stereocenters. The summed E-state index contributed by atoms with van der Waals surface area (Å²) in [6.45, 7) is 8.61. The van der Waals surface area contributed by atoms with Gasteiger partial charge in [0, 0.05) is 72.8 Å². The predicted molar refractivity (Wildman–Crippen MR) is 143 cm³/mol. The molecule has 6 heteroatoms. The minimum absolute atomic E-state index is 0.784. The lowest BCUT2D eigenvalue weighted by atomic mass is 10.1. The van der Waals surface area contributed by atoms with Crippen LogP contribution < -0.4 is 21.9 Å². The highest BCUT2D eigenvalue weighted by Gasteiger charge is 2.15. The summed E-state index contributed by atoms with van der Waals surface area (Å²) < 4.78 is 2.34. The third kappa shape index (κ3) is 4.28. The van der Waals surface area contributed by atoms with Crippen LogP contribution in [0.15, 0.2) is 72.9 Å². The number of nitrogens with zero attached hydrogens (tertiary/aromatic N) is 3. The molecule has 4 aromatic rings. The molecule has 0 saturated carbocycles. The Morgan fingerprint density at radius 3 is 2.44 bits per heavy atom. The first-order valence-electron chi connectivity index (χ1n) is 12.2. The number of hydrazine groups is 1. The maximum atomic E-state index is 6.62. The quantitative estimate of drug-likeness (QED) is 0.292. The summed E-state index contributed by atoms with van der Waals surface area (Å²) in [5, 5.41) is 7.53. The molecule has 0 spiro atoms. The van der Waals surface area contributed by atoms with Gasteiger partial charge < -0.3 is 20.5 Å². The third-order valence-corrected chi connectivity index (χ3v) is 6.94. The van der Waals surface area contributed by atoms with E-state index in [1.165, 1.54) is 27.4 Å². The number of anilines is 1. The second-order valence-corrected chi connectivity index (χ2v) is 8.92. The minimum Gasteiger partial charge on any atom is -0.403 e. The van der Waals surface area contributed by atoms with Crippen molar-refractivity contribution in [1.29, 1.82) is 0 Å². The van der Waals surface area contributed by atoms with E-state index in [0.717, 1.165) is 62.6 Å². The summed E-state index contributed by atoms with van der Waals surface area (Å²) in [5.41, 5.74) is 12.6. The molecule has 1 aromatic heterocycles. The first-order chi connectivity index (χ1) is 16.7. The molecule has 1 saturated heterocycles. The summed E-state index contributed by atoms with van der Waals surface area (Å²) in [7, 11) is 0. The monoisotopic (exact) mass is 454 g/mol. The van der Waals surface area contributed by atoms with Crippen molar-refractivity contribution in [3.63, 3.8) is 0 Å². The summed E-state index contributed by atoms with van der Waals surface area (Å²) in [6.07, 6.45) is 2.64. The number of aryl methyl sites for hydroxylation is 1. The number of hydrogen-bond donors (Lipinski definition) is 3. The molecule has 5 rings (SSSR count). The molecule has 0 radical (unpaired) electrons. The van der Waals surface area contributed by atoms with Crippen LogP contribution in [0.5, 0.6) is 0 Å². The van der Waals surface area contributed by atoms with Crippen molar-refractivity contribution in [3.05, 3.63) is 84.1 Å². The Hall–Kier alpha value is -3.32. The van der Waals surface area contributed by atoms with Gasteiger partial charge in [0.2, 0.25) is 0 Å². The molecule has 0 atom stereocenters. The van der Waals surface area contributed by atoms with Crippen LogP contribution in [0.2, 0.25) is 0 Å². The molecule has 2 heterocycles. The van der Waals surface area contributed by atoms with Crippen molar-refractivity contribution in [3.8, 4) is 0 Å². The van der Waals surface area contributed by atoms with Crippen LogP contribution in [0, 0.1) is 0 Å². The van der Waals surface area contributed by atoms with E-state index in [2.05, 4.69) is 88.4 Å². The zero-order valence-electron chi connectivity index (χ0n) is 19.9. The highest BCUT2D eigenvalue weighted by atomic mass is 15.4. The maximum absolute atomic E-state index is 6.62. The third-order valence-electron chi connectivity index (χ3n) is 6.94. The van der Waals surface area contributed by atoms with Crippen molar-refractivity contribution in [2.75, 3.05) is 37.7 Å². The number of piperazine rings is 1. The first kappa shape index (κ1) is 22.5. The van der Waals surface area contributed by atoms with Gasteiger partial charge in [-0.1, -0.05) is 42.5 Å². The van der Waals surface area contributed by atoms with Gasteiger partial charge in [0.1, 0.15) is 0 Å². The van der Waals surface area contributed by atoms with Crippen molar-refractivity contribution < 1.29 is 0 Å². The lowest BCUT2D eigenvalue weighted by molar-refractivity contribution is 0.244. The Morgan fingerprint density at radius 1 is 0.971 bits per heavy atom. The number of rotatable bonds is 7. The van der Waals surface area contributed by atoms with Gasteiger partial charge >= 0.3 is 0 Å². The summed E-state index contributed by atoms with van der Waals surface area (Å²) in [6, 6.07) is 23.5. The molecular weight excluding hydrogens is 420 g/mol. The molecule has 1 aliphatic heterocycles. The van der Waals surface area contributed by atoms with Crippen LogP contribution in [-0.4, -0.2) is 42.2 Å². The predicted octanol–water partition coefficient (Wildman–Crippen LogP) is 3.90. The average Bonchev–Trinajstić information content (AvgIpc) is 3.22. The van der Waals surface area contributed by atoms with Gasteiger partial charge in [-0.3, -0.25) is 5.01 Å². The first-order valence-corrected chi connectivity index (χ1v) is 12.2. The van der Waals surface area contributed by atoms with Crippen molar-refractivity contribution >= 4 is 33.2 Å². The minimum atomic E-state index is 0.784.